The molecule has 2 aromatic rings. The molecule has 0 radical (unpaired) electrons. The quantitative estimate of drug-likeness (QED) is 0.389. The second-order valence-electron chi connectivity index (χ2n) is 6.45. The van der Waals surface area contributed by atoms with Gasteiger partial charge in [-0.3, -0.25) is 15.0 Å². The number of nitrogens with zero attached hydrogens (tertiary/aromatic N) is 1. The number of carbonyl (C=O) groups is 1. The number of aliphatic hydroxyl groups is 1. The minimum absolute atomic E-state index is 0.0180. The van der Waals surface area contributed by atoms with Crippen LogP contribution in [-0.4, -0.2) is 53.6 Å². The van der Waals surface area contributed by atoms with Crippen LogP contribution in [0, 0.1) is 0 Å². The minimum atomic E-state index is -4.04. The first kappa shape index (κ1) is 20.2. The molecule has 150 valence electrons. The maximum atomic E-state index is 13.0. The smallest absolute Gasteiger partial charge is 0.277 e. The molecule has 1 aliphatic rings. The molecule has 2 unspecified atom stereocenters. The Morgan fingerprint density at radius 3 is 2.68 bits per heavy atom. The predicted molar refractivity (Wildman–Crippen MR) is 98.4 cm³/mol. The van der Waals surface area contributed by atoms with Gasteiger partial charge in [-0.15, -0.1) is 0 Å². The zero-order valence-electron chi connectivity index (χ0n) is 14.9. The van der Waals surface area contributed by atoms with E-state index in [0.717, 1.165) is 5.69 Å². The number of sulfone groups is 1. The second kappa shape index (κ2) is 8.23. The molecule has 1 amide bonds. The fourth-order valence-corrected chi connectivity index (χ4v) is 5.11. The van der Waals surface area contributed by atoms with E-state index in [4.69, 9.17) is 9.94 Å². The van der Waals surface area contributed by atoms with Gasteiger partial charge in [-0.2, -0.15) is 0 Å². The molecule has 10 heteroatoms. The number of hydroxylamine groups is 1. The Morgan fingerprint density at radius 2 is 2.04 bits per heavy atom. The van der Waals surface area contributed by atoms with Crippen LogP contribution < -0.4 is 15.5 Å². The van der Waals surface area contributed by atoms with Crippen molar-refractivity contribution >= 4 is 15.7 Å². The number of nitrogens with one attached hydrogen (secondary N) is 2. The van der Waals surface area contributed by atoms with Gasteiger partial charge in [0.2, 0.25) is 0 Å². The van der Waals surface area contributed by atoms with Crippen molar-refractivity contribution in [2.75, 3.05) is 13.1 Å². The van der Waals surface area contributed by atoms with Gasteiger partial charge >= 0.3 is 0 Å². The fourth-order valence-electron chi connectivity index (χ4n) is 3.13. The number of aromatic nitrogens is 1. The highest BCUT2D eigenvalue weighted by atomic mass is 32.2. The van der Waals surface area contributed by atoms with E-state index in [1.165, 1.54) is 29.7 Å². The van der Waals surface area contributed by atoms with Crippen LogP contribution in [0.5, 0.6) is 5.75 Å². The molecule has 9 nitrogen and oxygen atoms in total. The Labute approximate surface area is 162 Å². The Balaban J connectivity index is 1.78. The first-order valence-corrected chi connectivity index (χ1v) is 10.2. The predicted octanol–water partition coefficient (Wildman–Crippen LogP) is 0.0327. The maximum Gasteiger partial charge on any atom is 0.277 e. The number of hydrogen-bond acceptors (Lipinski definition) is 8. The summed E-state index contributed by atoms with van der Waals surface area (Å²) in [5.41, 5.74) is -0.196. The van der Waals surface area contributed by atoms with Crippen molar-refractivity contribution in [1.29, 1.82) is 0 Å². The van der Waals surface area contributed by atoms with Crippen molar-refractivity contribution in [3.63, 3.8) is 0 Å². The van der Waals surface area contributed by atoms with Crippen LogP contribution in [0.25, 0.3) is 0 Å². The Hall–Kier alpha value is -2.53. The summed E-state index contributed by atoms with van der Waals surface area (Å²) >= 11 is 0. The number of pyridine rings is 1. The average molecular weight is 407 g/mol. The van der Waals surface area contributed by atoms with Crippen molar-refractivity contribution in [3.05, 3.63) is 54.4 Å². The number of rotatable bonds is 6. The van der Waals surface area contributed by atoms with Gasteiger partial charge in [-0.1, -0.05) is 6.07 Å². The van der Waals surface area contributed by atoms with Crippen molar-refractivity contribution in [2.45, 2.75) is 28.8 Å². The zero-order valence-corrected chi connectivity index (χ0v) is 15.7. The molecule has 4 N–H and O–H groups in total. The molecule has 1 fully saturated rings. The normalized spacial score (nSPS) is 22.4. The van der Waals surface area contributed by atoms with E-state index in [1.807, 2.05) is 12.1 Å². The van der Waals surface area contributed by atoms with Crippen LogP contribution in [0.2, 0.25) is 0 Å². The third-order valence-electron chi connectivity index (χ3n) is 4.64. The lowest BCUT2D eigenvalue weighted by Gasteiger charge is -2.37. The van der Waals surface area contributed by atoms with Crippen LogP contribution in [0.3, 0.4) is 0 Å². The van der Waals surface area contributed by atoms with Crippen LogP contribution in [0.1, 0.15) is 12.1 Å². The Bertz CT molecular complexity index is 920. The van der Waals surface area contributed by atoms with Gasteiger partial charge in [0.25, 0.3) is 5.91 Å². The largest absolute Gasteiger partial charge is 0.487 e. The number of amides is 1. The average Bonchev–Trinajstić information content (AvgIpc) is 2.73. The summed E-state index contributed by atoms with van der Waals surface area (Å²) in [5, 5.41) is 20.9. The summed E-state index contributed by atoms with van der Waals surface area (Å²) in [4.78, 5) is 16.0. The third-order valence-corrected chi connectivity index (χ3v) is 6.95. The number of ether oxygens (including phenoxy) is 1. The SMILES string of the molecule is O=C(NO)C1(O)CNCCC1S(=O)(=O)c1ccc(OCc2ccccn2)cc1. The van der Waals surface area contributed by atoms with E-state index in [9.17, 15) is 18.3 Å². The van der Waals surface area contributed by atoms with Gasteiger partial charge < -0.3 is 15.2 Å². The third kappa shape index (κ3) is 3.99. The van der Waals surface area contributed by atoms with Crippen molar-refractivity contribution in [1.82, 2.24) is 15.8 Å². The van der Waals surface area contributed by atoms with E-state index >= 15 is 0 Å². The summed E-state index contributed by atoms with van der Waals surface area (Å²) in [5.74, 6) is -0.707. The molecule has 1 aromatic heterocycles. The molecule has 2 atom stereocenters. The summed E-state index contributed by atoms with van der Waals surface area (Å²) in [7, 11) is -4.04. The highest BCUT2D eigenvalue weighted by Crippen LogP contribution is 2.30. The van der Waals surface area contributed by atoms with Gasteiger partial charge in [0.1, 0.15) is 17.6 Å². The van der Waals surface area contributed by atoms with E-state index < -0.39 is 26.6 Å². The number of carbonyl (C=O) groups excluding carboxylic acids is 1. The van der Waals surface area contributed by atoms with Gasteiger partial charge in [0.05, 0.1) is 10.6 Å². The van der Waals surface area contributed by atoms with Gasteiger partial charge in [0.15, 0.2) is 15.4 Å². The van der Waals surface area contributed by atoms with Crippen molar-refractivity contribution in [3.8, 4) is 5.75 Å². The summed E-state index contributed by atoms with van der Waals surface area (Å²) in [6.07, 6.45) is 1.67. The second-order valence-corrected chi connectivity index (χ2v) is 8.58. The van der Waals surface area contributed by atoms with Gasteiger partial charge in [0, 0.05) is 12.7 Å². The number of β-amino-alcohol motifs (C(OH)–C–C–N with tert-alkyl or cyclic N) is 1. The summed E-state index contributed by atoms with van der Waals surface area (Å²) < 4.78 is 31.6. The topological polar surface area (TPSA) is 138 Å². The van der Waals surface area contributed by atoms with Crippen LogP contribution >= 0.6 is 0 Å². The molecule has 1 saturated heterocycles. The van der Waals surface area contributed by atoms with Crippen LogP contribution in [0.4, 0.5) is 0 Å². The zero-order chi connectivity index (χ0) is 20.2. The molecule has 2 heterocycles. The van der Waals surface area contributed by atoms with E-state index in [2.05, 4.69) is 10.3 Å². The lowest BCUT2D eigenvalue weighted by Crippen LogP contribution is -2.65. The van der Waals surface area contributed by atoms with Gasteiger partial charge in [-0.25, -0.2) is 13.9 Å². The monoisotopic (exact) mass is 407 g/mol. The molecule has 0 bridgehead atoms. The van der Waals surface area contributed by atoms with Crippen molar-refractivity contribution in [2.24, 2.45) is 0 Å². The number of piperidine rings is 1. The number of hydrogen-bond donors (Lipinski definition) is 4. The molecule has 3 rings (SSSR count). The lowest BCUT2D eigenvalue weighted by atomic mass is 9.93. The molecule has 1 aromatic carbocycles. The van der Waals surface area contributed by atoms with E-state index in [-0.39, 0.29) is 24.5 Å². The van der Waals surface area contributed by atoms with Crippen LogP contribution in [-0.2, 0) is 21.2 Å². The first-order chi connectivity index (χ1) is 13.4. The molecule has 1 aliphatic heterocycles. The Kier molecular flexibility index (Phi) is 5.94. The summed E-state index contributed by atoms with van der Waals surface area (Å²) in [6, 6.07) is 11.2. The lowest BCUT2D eigenvalue weighted by molar-refractivity contribution is -0.149. The molecule has 0 saturated carbocycles. The number of benzene rings is 1. The Morgan fingerprint density at radius 1 is 1.29 bits per heavy atom. The fraction of sp³-hybridized carbons (Fsp3) is 0.333. The molecule has 0 spiro atoms. The maximum absolute atomic E-state index is 13.0. The molecular formula is C18H21N3O6S. The van der Waals surface area contributed by atoms with E-state index in [0.29, 0.717) is 12.3 Å². The first-order valence-electron chi connectivity index (χ1n) is 8.62. The molecule has 0 aliphatic carbocycles. The highest BCUT2D eigenvalue weighted by molar-refractivity contribution is 7.92. The van der Waals surface area contributed by atoms with Crippen molar-refractivity contribution < 1.29 is 28.3 Å². The molecule has 28 heavy (non-hydrogen) atoms. The molecular weight excluding hydrogens is 386 g/mol. The standard InChI is InChI=1S/C18H21N3O6S/c22-17(21-24)18(23)12-19-10-8-16(18)28(25,26)15-6-4-14(5-7-15)27-11-13-3-1-2-9-20-13/h1-7,9,16,19,23-24H,8,10-12H2,(H,21,22). The van der Waals surface area contributed by atoms with Gasteiger partial charge in [-0.05, 0) is 49.4 Å². The highest BCUT2D eigenvalue weighted by Gasteiger charge is 2.52. The summed E-state index contributed by atoms with van der Waals surface area (Å²) in [6.45, 7) is 0.266. The minimum Gasteiger partial charge on any atom is -0.487 e. The van der Waals surface area contributed by atoms with E-state index in [1.54, 1.807) is 12.3 Å². The van der Waals surface area contributed by atoms with Crippen LogP contribution in [0.15, 0.2) is 53.6 Å².